The molecule has 0 aromatic heterocycles. The molecule has 2 atom stereocenters. The lowest BCUT2D eigenvalue weighted by Crippen LogP contribution is -2.47. The van der Waals surface area contributed by atoms with Crippen molar-refractivity contribution in [3.63, 3.8) is 0 Å². The largest absolute Gasteiger partial charge is 0.417 e. The van der Waals surface area contributed by atoms with Crippen molar-refractivity contribution in [2.45, 2.75) is 37.4 Å². The molecule has 0 saturated heterocycles. The summed E-state index contributed by atoms with van der Waals surface area (Å²) in [6.07, 6.45) is -13.5. The van der Waals surface area contributed by atoms with Crippen LogP contribution >= 0.6 is 34.8 Å². The fourth-order valence-electron chi connectivity index (χ4n) is 3.15. The summed E-state index contributed by atoms with van der Waals surface area (Å²) in [4.78, 5) is 24.1. The molecule has 214 valence electrons. The first kappa shape index (κ1) is 32.6. The highest BCUT2D eigenvalue weighted by atomic mass is 35.5. The number of halogens is 12. The van der Waals surface area contributed by atoms with E-state index in [1.807, 2.05) is 5.32 Å². The van der Waals surface area contributed by atoms with Crippen molar-refractivity contribution in [2.24, 2.45) is 0 Å². The Balaban J connectivity index is 2.37. The van der Waals surface area contributed by atoms with Crippen LogP contribution in [-0.4, -0.2) is 36.8 Å². The molecule has 39 heavy (non-hydrogen) atoms. The smallest absolute Gasteiger partial charge is 0.345 e. The monoisotopic (exact) mass is 628 g/mol. The van der Waals surface area contributed by atoms with Crippen molar-refractivity contribution < 1.29 is 49.1 Å². The van der Waals surface area contributed by atoms with Gasteiger partial charge in [0.2, 0.25) is 5.91 Å². The summed E-state index contributed by atoms with van der Waals surface area (Å²) >= 11 is 17.3. The Morgan fingerprint density at radius 1 is 0.923 bits per heavy atom. The lowest BCUT2D eigenvalue weighted by molar-refractivity contribution is -0.139. The van der Waals surface area contributed by atoms with Crippen LogP contribution in [0.15, 0.2) is 36.4 Å². The Morgan fingerprint density at radius 2 is 1.49 bits per heavy atom. The van der Waals surface area contributed by atoms with Crippen LogP contribution in [0.3, 0.4) is 0 Å². The van der Waals surface area contributed by atoms with Crippen molar-refractivity contribution >= 4 is 52.7 Å². The highest BCUT2D eigenvalue weighted by molar-refractivity contribution is 6.48. The average molecular weight is 630 g/mol. The predicted molar refractivity (Wildman–Crippen MR) is 127 cm³/mol. The Hall–Kier alpha value is -2.64. The quantitative estimate of drug-likeness (QED) is 0.242. The number of amides is 2. The van der Waals surface area contributed by atoms with Crippen LogP contribution in [0.1, 0.15) is 39.9 Å². The Bertz CT molecular complexity index is 1240. The fourth-order valence-corrected chi connectivity index (χ4v) is 3.76. The van der Waals surface area contributed by atoms with Crippen LogP contribution < -0.4 is 10.6 Å². The van der Waals surface area contributed by atoms with E-state index in [2.05, 4.69) is 0 Å². The van der Waals surface area contributed by atoms with Crippen LogP contribution in [0.5, 0.6) is 0 Å². The lowest BCUT2D eigenvalue weighted by Gasteiger charge is -2.19. The minimum atomic E-state index is -5.17. The second kappa shape index (κ2) is 12.3. The maximum atomic E-state index is 13.7. The van der Waals surface area contributed by atoms with Gasteiger partial charge in [-0.05, 0) is 42.3 Å². The second-order valence-corrected chi connectivity index (χ2v) is 9.20. The number of benzene rings is 2. The van der Waals surface area contributed by atoms with Gasteiger partial charge in [0, 0.05) is 0 Å². The Morgan fingerprint density at radius 3 is 1.97 bits per heavy atom. The molecule has 0 bridgehead atoms. The van der Waals surface area contributed by atoms with Gasteiger partial charge < -0.3 is 10.6 Å². The first-order valence-electron chi connectivity index (χ1n) is 10.5. The van der Waals surface area contributed by atoms with E-state index >= 15 is 0 Å². The van der Waals surface area contributed by atoms with Crippen LogP contribution in [0.4, 0.5) is 39.5 Å². The molecule has 16 heteroatoms. The normalized spacial score (nSPS) is 14.3. The molecule has 0 saturated carbocycles. The molecule has 0 heterocycles. The molecule has 0 aliphatic carbocycles. The topological polar surface area (TPSA) is 58.2 Å². The number of rotatable bonds is 7. The van der Waals surface area contributed by atoms with E-state index in [1.165, 1.54) is 5.32 Å². The van der Waals surface area contributed by atoms with E-state index in [0.717, 1.165) is 31.2 Å². The van der Waals surface area contributed by atoms with Crippen molar-refractivity contribution in [3.8, 4) is 0 Å². The van der Waals surface area contributed by atoms with Crippen LogP contribution in [-0.2, 0) is 11.0 Å². The van der Waals surface area contributed by atoms with Crippen LogP contribution in [0.2, 0.25) is 15.1 Å². The molecule has 0 unspecified atom stereocenters. The molecule has 2 rings (SSSR count). The number of carbonyl (C=O) groups is 2. The second-order valence-electron chi connectivity index (χ2n) is 8.01. The van der Waals surface area contributed by atoms with Gasteiger partial charge in [0.25, 0.3) is 5.91 Å². The number of nitrogens with one attached hydrogen (secondary N) is 2. The van der Waals surface area contributed by atoms with Crippen molar-refractivity contribution in [3.05, 3.63) is 73.7 Å². The first-order chi connectivity index (χ1) is 17.7. The third kappa shape index (κ3) is 9.21. The molecule has 2 aromatic rings. The minimum Gasteiger partial charge on any atom is -0.345 e. The van der Waals surface area contributed by atoms with Gasteiger partial charge in [-0.2, -0.15) is 39.5 Å². The van der Waals surface area contributed by atoms with Gasteiger partial charge in [-0.25, -0.2) is 0 Å². The molecule has 2 amide bonds. The van der Waals surface area contributed by atoms with Gasteiger partial charge in [-0.1, -0.05) is 53.0 Å². The SMILES string of the molecule is C[C@@H](NC(=O)c1ccc(/C=C/[C@H](c2cc(Cl)c(Cl)c(Cl)c2)C(F)(F)F)cc1C(F)(F)F)C(=O)NCC(F)(F)F. The number of hydrogen-bond acceptors (Lipinski definition) is 2. The van der Waals surface area contributed by atoms with Crippen LogP contribution in [0, 0.1) is 0 Å². The summed E-state index contributed by atoms with van der Waals surface area (Å²) < 4.78 is 119. The Labute approximate surface area is 230 Å². The molecule has 0 fully saturated rings. The maximum absolute atomic E-state index is 13.7. The highest BCUT2D eigenvalue weighted by Gasteiger charge is 2.40. The molecule has 2 aromatic carbocycles. The summed E-state index contributed by atoms with van der Waals surface area (Å²) in [5, 5.41) is 2.57. The van der Waals surface area contributed by atoms with E-state index in [-0.39, 0.29) is 20.6 Å². The molecule has 0 spiro atoms. The average Bonchev–Trinajstić information content (AvgIpc) is 2.78. The third-order valence-corrected chi connectivity index (χ3v) is 6.19. The zero-order chi connectivity index (χ0) is 29.9. The zero-order valence-electron chi connectivity index (χ0n) is 19.3. The summed E-state index contributed by atoms with van der Waals surface area (Å²) in [6, 6.07) is 2.11. The van der Waals surface area contributed by atoms with Gasteiger partial charge in [-0.3, -0.25) is 9.59 Å². The van der Waals surface area contributed by atoms with Gasteiger partial charge in [-0.15, -0.1) is 0 Å². The first-order valence-corrected chi connectivity index (χ1v) is 11.6. The zero-order valence-corrected chi connectivity index (χ0v) is 21.5. The standard InChI is InChI=1S/C23H16Cl3F9N2O2/c1-10(19(38)36-9-21(27,28)29)37-20(39)13-4-2-11(6-15(13)23(33,34)35)3-5-14(22(30,31)32)12-7-16(24)18(26)17(25)8-12/h2-8,10,14H,9H2,1H3,(H,36,38)(H,37,39)/b5-3+/t10-,14-/m1/s1. The van der Waals surface area contributed by atoms with E-state index < -0.39 is 65.5 Å². The van der Waals surface area contributed by atoms with E-state index in [1.54, 1.807) is 0 Å². The maximum Gasteiger partial charge on any atom is 0.417 e. The number of allylic oxidation sites excluding steroid dienone is 1. The summed E-state index contributed by atoms with van der Waals surface area (Å²) in [6.45, 7) is -0.783. The highest BCUT2D eigenvalue weighted by Crippen LogP contribution is 2.41. The molecule has 2 N–H and O–H groups in total. The van der Waals surface area contributed by atoms with Crippen molar-refractivity contribution in [1.29, 1.82) is 0 Å². The van der Waals surface area contributed by atoms with E-state index in [9.17, 15) is 49.1 Å². The van der Waals surface area contributed by atoms with Crippen molar-refractivity contribution in [1.82, 2.24) is 10.6 Å². The predicted octanol–water partition coefficient (Wildman–Crippen LogP) is 7.82. The lowest BCUT2D eigenvalue weighted by atomic mass is 9.96. The van der Waals surface area contributed by atoms with E-state index in [0.29, 0.717) is 18.2 Å². The van der Waals surface area contributed by atoms with Crippen molar-refractivity contribution in [2.75, 3.05) is 6.54 Å². The molecular weight excluding hydrogens is 614 g/mol. The molecule has 4 nitrogen and oxygen atoms in total. The summed E-state index contributed by atoms with van der Waals surface area (Å²) in [7, 11) is 0. The molecular formula is C23H16Cl3F9N2O2. The number of hydrogen-bond donors (Lipinski definition) is 2. The minimum absolute atomic E-state index is 0.192. The number of carbonyl (C=O) groups excluding carboxylic acids is 2. The summed E-state index contributed by atoms with van der Waals surface area (Å²) in [5.41, 5.74) is -3.40. The molecule has 0 radical (unpaired) electrons. The molecule has 0 aliphatic rings. The van der Waals surface area contributed by atoms with Gasteiger partial charge >= 0.3 is 18.5 Å². The van der Waals surface area contributed by atoms with Gasteiger partial charge in [0.1, 0.15) is 12.6 Å². The Kier molecular flexibility index (Phi) is 10.2. The van der Waals surface area contributed by atoms with Gasteiger partial charge in [0.05, 0.1) is 32.1 Å². The number of alkyl halides is 9. The van der Waals surface area contributed by atoms with Gasteiger partial charge in [0.15, 0.2) is 0 Å². The fraction of sp³-hybridized carbons (Fsp3) is 0.304. The third-order valence-electron chi connectivity index (χ3n) is 5.00. The molecule has 0 aliphatic heterocycles. The summed E-state index contributed by atoms with van der Waals surface area (Å²) in [5.74, 6) is -5.11. The van der Waals surface area contributed by atoms with E-state index in [4.69, 9.17) is 34.8 Å². The van der Waals surface area contributed by atoms with Crippen LogP contribution in [0.25, 0.3) is 6.08 Å².